The molecule has 1 aliphatic heterocycles. The largest absolute Gasteiger partial charge is 0.368 e. The minimum absolute atomic E-state index is 0.0680. The van der Waals surface area contributed by atoms with Gasteiger partial charge in [-0.2, -0.15) is 0 Å². The van der Waals surface area contributed by atoms with Crippen molar-refractivity contribution in [3.05, 3.63) is 58.4 Å². The molecule has 0 atom stereocenters. The number of fused-ring (bicyclic) bond motifs is 1. The van der Waals surface area contributed by atoms with Crippen molar-refractivity contribution in [1.29, 1.82) is 0 Å². The smallest absolute Gasteiger partial charge is 0.247 e. The number of nitrogen functional groups attached to an aromatic ring is 1. The molecule has 1 aromatic heterocycles. The van der Waals surface area contributed by atoms with Gasteiger partial charge in [-0.15, -0.1) is 0 Å². The van der Waals surface area contributed by atoms with Gasteiger partial charge in [-0.3, -0.25) is 4.79 Å². The van der Waals surface area contributed by atoms with Crippen molar-refractivity contribution in [2.45, 2.75) is 13.1 Å². The van der Waals surface area contributed by atoms with E-state index in [1.807, 2.05) is 12.1 Å². The molecule has 0 saturated heterocycles. The molecule has 0 fully saturated rings. The minimum Gasteiger partial charge on any atom is -0.368 e. The third kappa shape index (κ3) is 3.03. The molecule has 1 amide bonds. The Kier molecular flexibility index (Phi) is 3.58. The number of hydrogen-bond donors (Lipinski definition) is 1. The van der Waals surface area contributed by atoms with Crippen LogP contribution in [0.1, 0.15) is 16.8 Å². The molecule has 21 heavy (non-hydrogen) atoms. The van der Waals surface area contributed by atoms with E-state index in [0.717, 1.165) is 16.8 Å². The Morgan fingerprint density at radius 1 is 1.29 bits per heavy atom. The second-order valence-corrected chi connectivity index (χ2v) is 5.22. The lowest BCUT2D eigenvalue weighted by Crippen LogP contribution is -2.23. The molecule has 2 aromatic rings. The van der Waals surface area contributed by atoms with Crippen LogP contribution in [-0.2, 0) is 17.9 Å². The summed E-state index contributed by atoms with van der Waals surface area (Å²) in [4.78, 5) is 22.0. The van der Waals surface area contributed by atoms with E-state index in [9.17, 15) is 4.79 Å². The predicted octanol–water partition coefficient (Wildman–Crippen LogP) is 2.27. The maximum atomic E-state index is 12.2. The second-order valence-electron chi connectivity index (χ2n) is 4.78. The van der Waals surface area contributed by atoms with Crippen molar-refractivity contribution in [2.75, 3.05) is 5.73 Å². The van der Waals surface area contributed by atoms with Crippen LogP contribution in [0.15, 0.2) is 36.5 Å². The fourth-order valence-electron chi connectivity index (χ4n) is 2.17. The molecule has 2 N–H and O–H groups in total. The van der Waals surface area contributed by atoms with Gasteiger partial charge < -0.3 is 10.6 Å². The third-order valence-electron chi connectivity index (χ3n) is 3.27. The molecular formula is C15H13ClN4O. The summed E-state index contributed by atoms with van der Waals surface area (Å²) in [5.74, 6) is 0.168. The van der Waals surface area contributed by atoms with Gasteiger partial charge in [0, 0.05) is 29.4 Å². The summed E-state index contributed by atoms with van der Waals surface area (Å²) in [6.45, 7) is 0.977. The molecule has 2 heterocycles. The van der Waals surface area contributed by atoms with E-state index in [2.05, 4.69) is 9.97 Å². The van der Waals surface area contributed by atoms with Crippen molar-refractivity contribution in [3.8, 4) is 0 Å². The fourth-order valence-corrected chi connectivity index (χ4v) is 2.30. The van der Waals surface area contributed by atoms with Crippen LogP contribution >= 0.6 is 11.6 Å². The van der Waals surface area contributed by atoms with E-state index in [0.29, 0.717) is 18.1 Å². The zero-order valence-corrected chi connectivity index (χ0v) is 11.9. The van der Waals surface area contributed by atoms with Crippen LogP contribution < -0.4 is 5.73 Å². The summed E-state index contributed by atoms with van der Waals surface area (Å²) in [5, 5.41) is 0.671. The van der Waals surface area contributed by atoms with E-state index in [-0.39, 0.29) is 11.9 Å². The van der Waals surface area contributed by atoms with E-state index in [1.165, 1.54) is 0 Å². The second kappa shape index (κ2) is 5.54. The van der Waals surface area contributed by atoms with Gasteiger partial charge in [-0.1, -0.05) is 23.7 Å². The number of hydrogen-bond acceptors (Lipinski definition) is 4. The first kappa shape index (κ1) is 13.6. The number of amides is 1. The molecule has 106 valence electrons. The van der Waals surface area contributed by atoms with Crippen molar-refractivity contribution in [3.63, 3.8) is 0 Å². The van der Waals surface area contributed by atoms with Gasteiger partial charge in [0.1, 0.15) is 0 Å². The number of benzene rings is 1. The quantitative estimate of drug-likeness (QED) is 0.864. The monoisotopic (exact) mass is 300 g/mol. The molecule has 5 nitrogen and oxygen atoms in total. The lowest BCUT2D eigenvalue weighted by atomic mass is 10.2. The van der Waals surface area contributed by atoms with Crippen LogP contribution in [0.2, 0.25) is 5.02 Å². The van der Waals surface area contributed by atoms with Gasteiger partial charge in [0.2, 0.25) is 11.9 Å². The number of carbonyl (C=O) groups is 1. The Balaban J connectivity index is 1.69. The molecule has 0 unspecified atom stereocenters. The van der Waals surface area contributed by atoms with E-state index < -0.39 is 0 Å². The summed E-state index contributed by atoms with van der Waals surface area (Å²) in [5.41, 5.74) is 8.23. The highest BCUT2D eigenvalue weighted by atomic mass is 35.5. The minimum atomic E-state index is -0.0680. The topological polar surface area (TPSA) is 72.1 Å². The number of halogens is 1. The number of rotatable bonds is 2. The highest BCUT2D eigenvalue weighted by Gasteiger charge is 2.23. The Hall–Kier alpha value is -2.40. The van der Waals surface area contributed by atoms with Gasteiger partial charge in [0.15, 0.2) is 0 Å². The predicted molar refractivity (Wildman–Crippen MR) is 81.2 cm³/mol. The van der Waals surface area contributed by atoms with Crippen molar-refractivity contribution < 1.29 is 4.79 Å². The van der Waals surface area contributed by atoms with Crippen LogP contribution in [0.4, 0.5) is 5.95 Å². The normalized spacial score (nSPS) is 13.7. The summed E-state index contributed by atoms with van der Waals surface area (Å²) in [7, 11) is 0. The van der Waals surface area contributed by atoms with Crippen LogP contribution in [0.25, 0.3) is 6.08 Å². The number of aromatic nitrogens is 2. The van der Waals surface area contributed by atoms with Crippen molar-refractivity contribution in [2.24, 2.45) is 0 Å². The zero-order valence-electron chi connectivity index (χ0n) is 11.2. The molecule has 0 spiro atoms. The fraction of sp³-hybridized carbons (Fsp3) is 0.133. The van der Waals surface area contributed by atoms with Crippen molar-refractivity contribution in [1.82, 2.24) is 14.9 Å². The lowest BCUT2D eigenvalue weighted by molar-refractivity contribution is -0.126. The van der Waals surface area contributed by atoms with Crippen LogP contribution in [-0.4, -0.2) is 20.8 Å². The maximum absolute atomic E-state index is 12.2. The van der Waals surface area contributed by atoms with Gasteiger partial charge in [-0.05, 0) is 23.8 Å². The summed E-state index contributed by atoms with van der Waals surface area (Å²) in [6, 6.07) is 7.29. The van der Waals surface area contributed by atoms with Crippen LogP contribution in [0.3, 0.4) is 0 Å². The van der Waals surface area contributed by atoms with Gasteiger partial charge in [-0.25, -0.2) is 9.97 Å². The Morgan fingerprint density at radius 3 is 2.81 bits per heavy atom. The number of carbonyl (C=O) groups excluding carboxylic acids is 1. The Morgan fingerprint density at radius 2 is 2.05 bits per heavy atom. The third-order valence-corrected chi connectivity index (χ3v) is 3.53. The highest BCUT2D eigenvalue weighted by Crippen LogP contribution is 2.21. The first-order valence-electron chi connectivity index (χ1n) is 6.44. The van der Waals surface area contributed by atoms with E-state index in [1.54, 1.807) is 35.4 Å². The summed E-state index contributed by atoms with van der Waals surface area (Å²) >= 11 is 5.82. The molecule has 1 aliphatic rings. The highest BCUT2D eigenvalue weighted by molar-refractivity contribution is 6.30. The molecule has 0 radical (unpaired) electrons. The maximum Gasteiger partial charge on any atom is 0.247 e. The molecule has 3 rings (SSSR count). The molecule has 0 saturated carbocycles. The van der Waals surface area contributed by atoms with Gasteiger partial charge in [0.05, 0.1) is 12.2 Å². The average Bonchev–Trinajstić information content (AvgIpc) is 2.89. The Labute approximate surface area is 127 Å². The molecule has 0 bridgehead atoms. The molecule has 0 aliphatic carbocycles. The zero-order chi connectivity index (χ0) is 14.8. The average molecular weight is 301 g/mol. The van der Waals surface area contributed by atoms with Crippen LogP contribution in [0.5, 0.6) is 0 Å². The van der Waals surface area contributed by atoms with E-state index >= 15 is 0 Å². The first-order chi connectivity index (χ1) is 10.1. The first-order valence-corrected chi connectivity index (χ1v) is 6.82. The van der Waals surface area contributed by atoms with E-state index in [4.69, 9.17) is 17.3 Å². The summed E-state index contributed by atoms with van der Waals surface area (Å²) < 4.78 is 0. The lowest BCUT2D eigenvalue weighted by Gasteiger charge is -2.11. The molecule has 6 heteroatoms. The number of anilines is 1. The van der Waals surface area contributed by atoms with Crippen molar-refractivity contribution >= 4 is 29.5 Å². The standard InChI is InChI=1S/C15H13ClN4O/c16-12-4-1-10(2-5-12)3-6-14(21)20-8-11-7-18-15(17)19-13(11)9-20/h1-7H,8-9H2,(H2,17,18,19)/b6-3+. The van der Waals surface area contributed by atoms with Crippen LogP contribution in [0, 0.1) is 0 Å². The number of nitrogens with two attached hydrogens (primary N) is 1. The van der Waals surface area contributed by atoms with Gasteiger partial charge in [0.25, 0.3) is 0 Å². The SMILES string of the molecule is Nc1ncc2c(n1)CN(C(=O)/C=C/c1ccc(Cl)cc1)C2. The Bertz CT molecular complexity index is 712. The number of nitrogens with zero attached hydrogens (tertiary/aromatic N) is 3. The van der Waals surface area contributed by atoms with Gasteiger partial charge >= 0.3 is 0 Å². The molecular weight excluding hydrogens is 288 g/mol. The molecule has 1 aromatic carbocycles. The summed E-state index contributed by atoms with van der Waals surface area (Å²) in [6.07, 6.45) is 4.99.